The van der Waals surface area contributed by atoms with Gasteiger partial charge in [0.25, 0.3) is 11.8 Å². The second-order valence-corrected chi connectivity index (χ2v) is 10.0. The zero-order valence-electron chi connectivity index (χ0n) is 17.0. The lowest BCUT2D eigenvalue weighted by Gasteiger charge is -2.36. The molecular formula is C19H24F3N5O3S. The van der Waals surface area contributed by atoms with Crippen LogP contribution < -0.4 is 10.2 Å². The molecule has 0 bridgehead atoms. The summed E-state index contributed by atoms with van der Waals surface area (Å²) in [7, 11) is -3.45. The summed E-state index contributed by atoms with van der Waals surface area (Å²) >= 11 is 0. The highest BCUT2D eigenvalue weighted by atomic mass is 32.2. The molecular weight excluding hydrogens is 435 g/mol. The van der Waals surface area contributed by atoms with Crippen LogP contribution in [0.2, 0.25) is 0 Å². The van der Waals surface area contributed by atoms with Crippen molar-refractivity contribution >= 4 is 21.5 Å². The molecule has 31 heavy (non-hydrogen) atoms. The van der Waals surface area contributed by atoms with E-state index in [0.717, 1.165) is 44.7 Å². The van der Waals surface area contributed by atoms with Crippen molar-refractivity contribution in [1.29, 1.82) is 0 Å². The Morgan fingerprint density at radius 3 is 2.55 bits per heavy atom. The number of hydrogen-bond donors (Lipinski definition) is 1. The number of nitrogens with zero attached hydrogens (tertiary/aromatic N) is 4. The van der Waals surface area contributed by atoms with E-state index in [2.05, 4.69) is 24.9 Å². The van der Waals surface area contributed by atoms with Crippen molar-refractivity contribution in [2.75, 3.05) is 42.7 Å². The first kappa shape index (κ1) is 21.9. The summed E-state index contributed by atoms with van der Waals surface area (Å²) < 4.78 is 67.3. The highest BCUT2D eigenvalue weighted by Crippen LogP contribution is 2.27. The minimum absolute atomic E-state index is 0.0439. The number of piperidine rings is 1. The van der Waals surface area contributed by atoms with Gasteiger partial charge in [-0.05, 0) is 42.6 Å². The highest BCUT2D eigenvalue weighted by molar-refractivity contribution is 7.90. The smallest absolute Gasteiger partial charge is 0.316 e. The summed E-state index contributed by atoms with van der Waals surface area (Å²) in [6.45, 7) is 2.89. The molecule has 0 saturated carbocycles. The first-order valence-electron chi connectivity index (χ1n) is 10.1. The van der Waals surface area contributed by atoms with Crippen molar-refractivity contribution in [3.8, 4) is 0 Å². The molecule has 0 radical (unpaired) electrons. The van der Waals surface area contributed by atoms with Crippen molar-refractivity contribution in [3.05, 3.63) is 29.9 Å². The van der Waals surface area contributed by atoms with Crippen LogP contribution in [0, 0.1) is 5.82 Å². The van der Waals surface area contributed by atoms with Crippen LogP contribution in [0.5, 0.6) is 0 Å². The van der Waals surface area contributed by atoms with Gasteiger partial charge in [-0.3, -0.25) is 4.90 Å². The molecule has 1 atom stereocenters. The summed E-state index contributed by atoms with van der Waals surface area (Å²) in [6.07, 6.45) is 0.785. The van der Waals surface area contributed by atoms with Gasteiger partial charge in [-0.1, -0.05) is 0 Å². The van der Waals surface area contributed by atoms with E-state index in [-0.39, 0.29) is 16.9 Å². The Bertz CT molecular complexity index is 1020. The first-order chi connectivity index (χ1) is 14.7. The Hall–Kier alpha value is -2.34. The minimum atomic E-state index is -3.45. The highest BCUT2D eigenvalue weighted by Gasteiger charge is 2.32. The molecule has 2 saturated heterocycles. The maximum atomic E-state index is 14.3. The predicted octanol–water partition coefficient (Wildman–Crippen LogP) is 2.71. The predicted molar refractivity (Wildman–Crippen MR) is 108 cm³/mol. The van der Waals surface area contributed by atoms with E-state index in [1.807, 2.05) is 4.90 Å². The third-order valence-corrected chi connectivity index (χ3v) is 6.94. The monoisotopic (exact) mass is 459 g/mol. The molecule has 0 aliphatic carbocycles. The number of sulfone groups is 1. The van der Waals surface area contributed by atoms with Gasteiger partial charge in [-0.25, -0.2) is 12.8 Å². The van der Waals surface area contributed by atoms with Gasteiger partial charge in [-0.2, -0.15) is 13.8 Å². The minimum Gasteiger partial charge on any atom is -0.379 e. The standard InChI is InChI=1S/C19H24F3N5O3S/c1-31(28,29)14-2-3-16(15(20)10-14)23-12-4-7-27(11-12)13-5-8-26(9-6-13)19-24-18(17(21)22)30-25-19/h2-3,10,12-13,17,23H,4-9,11H2,1H3. The average molecular weight is 459 g/mol. The number of hydrogen-bond acceptors (Lipinski definition) is 8. The van der Waals surface area contributed by atoms with Crippen molar-refractivity contribution < 1.29 is 26.1 Å². The largest absolute Gasteiger partial charge is 0.379 e. The Morgan fingerprint density at radius 1 is 1.19 bits per heavy atom. The van der Waals surface area contributed by atoms with Gasteiger partial charge in [-0.15, -0.1) is 0 Å². The van der Waals surface area contributed by atoms with Crippen LogP contribution in [-0.2, 0) is 9.84 Å². The van der Waals surface area contributed by atoms with Crippen molar-refractivity contribution in [2.24, 2.45) is 0 Å². The second kappa shape index (κ2) is 8.65. The van der Waals surface area contributed by atoms with E-state index in [1.54, 1.807) is 0 Å². The van der Waals surface area contributed by atoms with E-state index in [4.69, 9.17) is 0 Å². The molecule has 2 aromatic rings. The second-order valence-electron chi connectivity index (χ2n) is 7.99. The van der Waals surface area contributed by atoms with Crippen LogP contribution >= 0.6 is 0 Å². The number of anilines is 2. The summed E-state index contributed by atoms with van der Waals surface area (Å²) in [4.78, 5) is 7.89. The maximum absolute atomic E-state index is 14.3. The van der Waals surface area contributed by atoms with Crippen LogP contribution in [0.1, 0.15) is 31.6 Å². The normalized spacial score (nSPS) is 21.2. The third-order valence-electron chi connectivity index (χ3n) is 5.83. The molecule has 170 valence electrons. The van der Waals surface area contributed by atoms with Gasteiger partial charge in [0, 0.05) is 44.5 Å². The van der Waals surface area contributed by atoms with Crippen molar-refractivity contribution in [1.82, 2.24) is 15.0 Å². The van der Waals surface area contributed by atoms with Crippen molar-refractivity contribution in [2.45, 2.75) is 42.7 Å². The van der Waals surface area contributed by atoms with Crippen LogP contribution in [0.4, 0.5) is 24.8 Å². The Balaban J connectivity index is 1.30. The van der Waals surface area contributed by atoms with Gasteiger partial charge in [0.05, 0.1) is 10.6 Å². The SMILES string of the molecule is CS(=O)(=O)c1ccc(NC2CCN(C3CCN(c4noc(C(F)F)n4)CC3)C2)c(F)c1. The molecule has 2 aliphatic rings. The summed E-state index contributed by atoms with van der Waals surface area (Å²) in [5, 5.41) is 6.81. The molecule has 4 rings (SSSR count). The fourth-order valence-electron chi connectivity index (χ4n) is 4.18. The fraction of sp³-hybridized carbons (Fsp3) is 0.579. The molecule has 0 spiro atoms. The Kier molecular flexibility index (Phi) is 6.11. The van der Waals surface area contributed by atoms with E-state index >= 15 is 0 Å². The molecule has 1 unspecified atom stereocenters. The number of nitrogens with one attached hydrogen (secondary N) is 1. The number of aromatic nitrogens is 2. The number of alkyl halides is 2. The van der Waals surface area contributed by atoms with Gasteiger partial charge in [0.1, 0.15) is 5.82 Å². The van der Waals surface area contributed by atoms with E-state index in [1.165, 1.54) is 12.1 Å². The molecule has 12 heteroatoms. The number of likely N-dealkylation sites (tertiary alicyclic amines) is 1. The quantitative estimate of drug-likeness (QED) is 0.705. The zero-order chi connectivity index (χ0) is 22.2. The van der Waals surface area contributed by atoms with E-state index in [9.17, 15) is 21.6 Å². The Labute approximate surface area is 178 Å². The van der Waals surface area contributed by atoms with Gasteiger partial charge < -0.3 is 14.7 Å². The fourth-order valence-corrected chi connectivity index (χ4v) is 4.81. The molecule has 2 fully saturated rings. The number of benzene rings is 1. The molecule has 1 aromatic heterocycles. The average Bonchev–Trinajstić information content (AvgIpc) is 3.39. The lowest BCUT2D eigenvalue weighted by atomic mass is 10.0. The summed E-state index contributed by atoms with van der Waals surface area (Å²) in [5.74, 6) is -1.05. The summed E-state index contributed by atoms with van der Waals surface area (Å²) in [5.41, 5.74) is 0.293. The molecule has 8 nitrogen and oxygen atoms in total. The van der Waals surface area contributed by atoms with Crippen LogP contribution in [0.3, 0.4) is 0 Å². The molecule has 2 aliphatic heterocycles. The lowest BCUT2D eigenvalue weighted by molar-refractivity contribution is 0.106. The van der Waals surface area contributed by atoms with Gasteiger partial charge in [0.15, 0.2) is 9.84 Å². The molecule has 1 aromatic carbocycles. The van der Waals surface area contributed by atoms with E-state index < -0.39 is 28.0 Å². The molecule has 1 N–H and O–H groups in total. The summed E-state index contributed by atoms with van der Waals surface area (Å²) in [6, 6.07) is 4.30. The maximum Gasteiger partial charge on any atom is 0.316 e. The Morgan fingerprint density at radius 2 is 1.94 bits per heavy atom. The number of rotatable bonds is 6. The van der Waals surface area contributed by atoms with Crippen LogP contribution in [-0.4, -0.2) is 68.0 Å². The molecule has 0 amide bonds. The van der Waals surface area contributed by atoms with Crippen LogP contribution in [0.25, 0.3) is 0 Å². The van der Waals surface area contributed by atoms with Gasteiger partial charge in [0.2, 0.25) is 0 Å². The first-order valence-corrected chi connectivity index (χ1v) is 12.0. The van der Waals surface area contributed by atoms with Crippen molar-refractivity contribution in [3.63, 3.8) is 0 Å². The zero-order valence-corrected chi connectivity index (χ0v) is 17.8. The molecule has 3 heterocycles. The van der Waals surface area contributed by atoms with Gasteiger partial charge >= 0.3 is 6.43 Å². The van der Waals surface area contributed by atoms with Crippen LogP contribution in [0.15, 0.2) is 27.6 Å². The number of halogens is 3. The lowest BCUT2D eigenvalue weighted by Crippen LogP contribution is -2.45. The topological polar surface area (TPSA) is 91.6 Å². The third kappa shape index (κ3) is 4.95. The van der Waals surface area contributed by atoms with E-state index in [0.29, 0.717) is 24.8 Å².